The standard InChI is InChI=1S/C15H30N2O2S/c1-4-12-11-17(13(5-2)10-16-12)14-7-6-8-15(9-14)20(3,18)19/h12-16H,4-11H2,1-3H3. The number of sulfone groups is 1. The molecule has 2 fully saturated rings. The van der Waals surface area contributed by atoms with Crippen LogP contribution in [0.4, 0.5) is 0 Å². The Morgan fingerprint density at radius 2 is 1.95 bits per heavy atom. The summed E-state index contributed by atoms with van der Waals surface area (Å²) >= 11 is 0. The second-order valence-electron chi connectivity index (χ2n) is 6.54. The van der Waals surface area contributed by atoms with E-state index in [0.717, 1.165) is 45.2 Å². The monoisotopic (exact) mass is 302 g/mol. The molecule has 118 valence electrons. The maximum Gasteiger partial charge on any atom is 0.150 e. The smallest absolute Gasteiger partial charge is 0.150 e. The molecule has 4 nitrogen and oxygen atoms in total. The number of piperazine rings is 1. The molecule has 1 aliphatic heterocycles. The van der Waals surface area contributed by atoms with Gasteiger partial charge in [0, 0.05) is 37.5 Å². The van der Waals surface area contributed by atoms with E-state index in [1.165, 1.54) is 12.7 Å². The number of hydrogen-bond donors (Lipinski definition) is 1. The van der Waals surface area contributed by atoms with Crippen molar-refractivity contribution in [3.8, 4) is 0 Å². The second-order valence-corrected chi connectivity index (χ2v) is 8.87. The third-order valence-corrected chi connectivity index (χ3v) is 6.82. The molecule has 1 saturated carbocycles. The van der Waals surface area contributed by atoms with Gasteiger partial charge in [-0.1, -0.05) is 20.3 Å². The van der Waals surface area contributed by atoms with Crippen molar-refractivity contribution in [3.05, 3.63) is 0 Å². The summed E-state index contributed by atoms with van der Waals surface area (Å²) in [6, 6.07) is 1.60. The van der Waals surface area contributed by atoms with Crippen molar-refractivity contribution in [2.75, 3.05) is 19.3 Å². The lowest BCUT2D eigenvalue weighted by molar-refractivity contribution is 0.0595. The Labute approximate surface area is 124 Å². The van der Waals surface area contributed by atoms with Gasteiger partial charge in [0.2, 0.25) is 0 Å². The lowest BCUT2D eigenvalue weighted by Crippen LogP contribution is -2.60. The molecule has 2 aliphatic rings. The van der Waals surface area contributed by atoms with E-state index < -0.39 is 9.84 Å². The first kappa shape index (κ1) is 16.2. The van der Waals surface area contributed by atoms with Crippen molar-refractivity contribution in [1.29, 1.82) is 0 Å². The van der Waals surface area contributed by atoms with Crippen LogP contribution >= 0.6 is 0 Å². The second kappa shape index (κ2) is 6.75. The molecular formula is C15H30N2O2S. The summed E-state index contributed by atoms with van der Waals surface area (Å²) < 4.78 is 23.7. The average molecular weight is 302 g/mol. The summed E-state index contributed by atoms with van der Waals surface area (Å²) in [6.07, 6.45) is 7.61. The van der Waals surface area contributed by atoms with Gasteiger partial charge in [-0.3, -0.25) is 4.90 Å². The topological polar surface area (TPSA) is 49.4 Å². The van der Waals surface area contributed by atoms with Crippen LogP contribution in [0.2, 0.25) is 0 Å². The fraction of sp³-hybridized carbons (Fsp3) is 1.00. The molecule has 0 bridgehead atoms. The van der Waals surface area contributed by atoms with Gasteiger partial charge < -0.3 is 5.32 Å². The lowest BCUT2D eigenvalue weighted by atomic mass is 9.90. The minimum atomic E-state index is -2.88. The molecule has 0 aromatic rings. The molecule has 0 radical (unpaired) electrons. The van der Waals surface area contributed by atoms with Crippen LogP contribution in [0.5, 0.6) is 0 Å². The van der Waals surface area contributed by atoms with Gasteiger partial charge in [-0.05, 0) is 32.1 Å². The Morgan fingerprint density at radius 3 is 2.55 bits per heavy atom. The lowest BCUT2D eigenvalue weighted by Gasteiger charge is -2.46. The molecule has 4 unspecified atom stereocenters. The summed E-state index contributed by atoms with van der Waals surface area (Å²) in [4.78, 5) is 2.61. The van der Waals surface area contributed by atoms with E-state index >= 15 is 0 Å². The molecule has 5 heteroatoms. The third-order valence-electron chi connectivity index (χ3n) is 5.18. The van der Waals surface area contributed by atoms with Crippen LogP contribution in [0.25, 0.3) is 0 Å². The van der Waals surface area contributed by atoms with Crippen molar-refractivity contribution >= 4 is 9.84 Å². The predicted molar refractivity (Wildman–Crippen MR) is 83.8 cm³/mol. The van der Waals surface area contributed by atoms with Gasteiger partial charge in [0.1, 0.15) is 9.84 Å². The van der Waals surface area contributed by atoms with Crippen LogP contribution in [0.15, 0.2) is 0 Å². The SMILES string of the molecule is CCC1CN(C2CCCC(S(C)(=O)=O)C2)C(CC)CN1. The summed E-state index contributed by atoms with van der Waals surface area (Å²) in [5.74, 6) is 0. The predicted octanol–water partition coefficient (Wildman–Crippen LogP) is 1.80. The van der Waals surface area contributed by atoms with Gasteiger partial charge in [-0.2, -0.15) is 0 Å². The average Bonchev–Trinajstić information content (AvgIpc) is 2.45. The van der Waals surface area contributed by atoms with Crippen molar-refractivity contribution in [2.45, 2.75) is 75.7 Å². The van der Waals surface area contributed by atoms with Gasteiger partial charge in [0.25, 0.3) is 0 Å². The normalized spacial score (nSPS) is 37.0. The molecule has 1 aliphatic carbocycles. The summed E-state index contributed by atoms with van der Waals surface area (Å²) in [5.41, 5.74) is 0. The third kappa shape index (κ3) is 3.74. The molecular weight excluding hydrogens is 272 g/mol. The largest absolute Gasteiger partial charge is 0.311 e. The Kier molecular flexibility index (Phi) is 5.49. The zero-order valence-corrected chi connectivity index (χ0v) is 14.0. The summed E-state index contributed by atoms with van der Waals surface area (Å²) in [6.45, 7) is 6.59. The first-order chi connectivity index (χ1) is 9.45. The van der Waals surface area contributed by atoms with Crippen molar-refractivity contribution < 1.29 is 8.42 Å². The first-order valence-electron chi connectivity index (χ1n) is 8.13. The number of nitrogens with zero attached hydrogens (tertiary/aromatic N) is 1. The highest BCUT2D eigenvalue weighted by atomic mass is 32.2. The molecule has 2 rings (SSSR count). The highest BCUT2D eigenvalue weighted by Gasteiger charge is 2.36. The van der Waals surface area contributed by atoms with Crippen molar-refractivity contribution in [3.63, 3.8) is 0 Å². The van der Waals surface area contributed by atoms with E-state index in [0.29, 0.717) is 18.1 Å². The van der Waals surface area contributed by atoms with Crippen LogP contribution in [0, 0.1) is 0 Å². The van der Waals surface area contributed by atoms with Crippen molar-refractivity contribution in [1.82, 2.24) is 10.2 Å². The Morgan fingerprint density at radius 1 is 1.20 bits per heavy atom. The molecule has 1 saturated heterocycles. The molecule has 1 N–H and O–H groups in total. The van der Waals surface area contributed by atoms with E-state index in [4.69, 9.17) is 0 Å². The summed E-state index contributed by atoms with van der Waals surface area (Å²) in [5, 5.41) is 3.50. The Balaban J connectivity index is 2.07. The van der Waals surface area contributed by atoms with Gasteiger partial charge in [-0.25, -0.2) is 8.42 Å². The fourth-order valence-corrected chi connectivity index (χ4v) is 4.96. The number of rotatable bonds is 4. The zero-order chi connectivity index (χ0) is 14.8. The number of nitrogens with one attached hydrogen (secondary N) is 1. The Bertz CT molecular complexity index is 410. The minimum Gasteiger partial charge on any atom is -0.311 e. The molecule has 0 aromatic heterocycles. The minimum absolute atomic E-state index is 0.117. The van der Waals surface area contributed by atoms with E-state index in [1.807, 2.05) is 0 Å². The van der Waals surface area contributed by atoms with Crippen LogP contribution in [0.3, 0.4) is 0 Å². The zero-order valence-electron chi connectivity index (χ0n) is 13.1. The highest BCUT2D eigenvalue weighted by molar-refractivity contribution is 7.91. The first-order valence-corrected chi connectivity index (χ1v) is 10.1. The molecule has 0 spiro atoms. The molecule has 0 amide bonds. The van der Waals surface area contributed by atoms with Crippen LogP contribution in [-0.4, -0.2) is 56.0 Å². The van der Waals surface area contributed by atoms with Crippen LogP contribution < -0.4 is 5.32 Å². The number of hydrogen-bond acceptors (Lipinski definition) is 4. The van der Waals surface area contributed by atoms with Crippen molar-refractivity contribution in [2.24, 2.45) is 0 Å². The van der Waals surface area contributed by atoms with E-state index in [9.17, 15) is 8.42 Å². The highest BCUT2D eigenvalue weighted by Crippen LogP contribution is 2.30. The Hall–Kier alpha value is -0.130. The maximum absolute atomic E-state index is 11.9. The van der Waals surface area contributed by atoms with E-state index in [2.05, 4.69) is 24.1 Å². The van der Waals surface area contributed by atoms with Gasteiger partial charge in [0.15, 0.2) is 0 Å². The van der Waals surface area contributed by atoms with E-state index in [-0.39, 0.29) is 5.25 Å². The van der Waals surface area contributed by atoms with Crippen LogP contribution in [-0.2, 0) is 9.84 Å². The fourth-order valence-electron chi connectivity index (χ4n) is 3.80. The molecule has 20 heavy (non-hydrogen) atoms. The quantitative estimate of drug-likeness (QED) is 0.860. The maximum atomic E-state index is 11.9. The van der Waals surface area contributed by atoms with Crippen LogP contribution in [0.1, 0.15) is 52.4 Å². The van der Waals surface area contributed by atoms with Gasteiger partial charge >= 0.3 is 0 Å². The van der Waals surface area contributed by atoms with Gasteiger partial charge in [0.05, 0.1) is 5.25 Å². The van der Waals surface area contributed by atoms with E-state index in [1.54, 1.807) is 0 Å². The molecule has 4 atom stereocenters. The molecule has 1 heterocycles. The van der Waals surface area contributed by atoms with Gasteiger partial charge in [-0.15, -0.1) is 0 Å². The summed E-state index contributed by atoms with van der Waals surface area (Å²) in [7, 11) is -2.88. The molecule has 0 aromatic carbocycles.